The summed E-state index contributed by atoms with van der Waals surface area (Å²) in [7, 11) is 0. The molecule has 0 spiro atoms. The van der Waals surface area contributed by atoms with Crippen molar-refractivity contribution in [2.24, 2.45) is 0 Å². The molecule has 6 heteroatoms. The van der Waals surface area contributed by atoms with E-state index < -0.39 is 5.97 Å². The smallest absolute Gasteiger partial charge is 0.305 e. The molecule has 0 saturated heterocycles. The van der Waals surface area contributed by atoms with Gasteiger partial charge in [-0.25, -0.2) is 0 Å². The SMILES string of the molecule is O=C(O)CCOCC1COc2cscc2O1. The number of carbonyl (C=O) groups is 1. The van der Waals surface area contributed by atoms with Crippen molar-refractivity contribution in [3.63, 3.8) is 0 Å². The monoisotopic (exact) mass is 244 g/mol. The lowest BCUT2D eigenvalue weighted by molar-refractivity contribution is -0.138. The number of hydrogen-bond donors (Lipinski definition) is 1. The molecule has 2 heterocycles. The van der Waals surface area contributed by atoms with Gasteiger partial charge in [0.25, 0.3) is 0 Å². The van der Waals surface area contributed by atoms with E-state index in [0.29, 0.717) is 13.2 Å². The number of thiophene rings is 1. The first-order valence-electron chi connectivity index (χ1n) is 4.91. The summed E-state index contributed by atoms with van der Waals surface area (Å²) in [5.74, 6) is 0.649. The van der Waals surface area contributed by atoms with E-state index in [9.17, 15) is 4.79 Å². The van der Waals surface area contributed by atoms with Crippen LogP contribution in [0.1, 0.15) is 6.42 Å². The molecule has 16 heavy (non-hydrogen) atoms. The Bertz CT molecular complexity index is 362. The topological polar surface area (TPSA) is 65.0 Å². The molecule has 88 valence electrons. The molecule has 1 aliphatic rings. The van der Waals surface area contributed by atoms with Crippen molar-refractivity contribution in [3.8, 4) is 11.5 Å². The zero-order valence-electron chi connectivity index (χ0n) is 8.55. The summed E-state index contributed by atoms with van der Waals surface area (Å²) in [6, 6.07) is 0. The standard InChI is InChI=1S/C10H12O5S/c11-10(12)1-2-13-3-7-4-14-8-5-16-6-9(8)15-7/h5-7H,1-4H2,(H,11,12). The first-order valence-corrected chi connectivity index (χ1v) is 5.85. The van der Waals surface area contributed by atoms with Crippen molar-refractivity contribution in [1.29, 1.82) is 0 Å². The van der Waals surface area contributed by atoms with Crippen LogP contribution in [0.5, 0.6) is 11.5 Å². The van der Waals surface area contributed by atoms with E-state index in [2.05, 4.69) is 0 Å². The van der Waals surface area contributed by atoms with E-state index >= 15 is 0 Å². The lowest BCUT2D eigenvalue weighted by Gasteiger charge is -2.24. The Labute approximate surface area is 96.6 Å². The number of carboxylic acid groups (broad SMARTS) is 1. The number of ether oxygens (including phenoxy) is 3. The van der Waals surface area contributed by atoms with E-state index in [1.807, 2.05) is 10.8 Å². The first-order chi connectivity index (χ1) is 7.75. The Kier molecular flexibility index (Phi) is 3.63. The van der Waals surface area contributed by atoms with Crippen LogP contribution in [0.15, 0.2) is 10.8 Å². The van der Waals surface area contributed by atoms with Crippen molar-refractivity contribution in [2.45, 2.75) is 12.5 Å². The van der Waals surface area contributed by atoms with Crippen LogP contribution >= 0.6 is 11.3 Å². The molecule has 1 aliphatic heterocycles. The Morgan fingerprint density at radius 3 is 3.19 bits per heavy atom. The fraction of sp³-hybridized carbons (Fsp3) is 0.500. The van der Waals surface area contributed by atoms with Crippen molar-refractivity contribution in [3.05, 3.63) is 10.8 Å². The minimum Gasteiger partial charge on any atom is -0.485 e. The molecule has 0 amide bonds. The molecule has 0 aromatic carbocycles. The van der Waals surface area contributed by atoms with Gasteiger partial charge in [0.05, 0.1) is 19.6 Å². The number of fused-ring (bicyclic) bond motifs is 1. The van der Waals surface area contributed by atoms with Crippen LogP contribution in [-0.2, 0) is 9.53 Å². The largest absolute Gasteiger partial charge is 0.485 e. The van der Waals surface area contributed by atoms with Crippen molar-refractivity contribution in [1.82, 2.24) is 0 Å². The van der Waals surface area contributed by atoms with E-state index in [0.717, 1.165) is 11.5 Å². The molecule has 0 radical (unpaired) electrons. The second-order valence-electron chi connectivity index (χ2n) is 3.37. The summed E-state index contributed by atoms with van der Waals surface area (Å²) < 4.78 is 16.2. The van der Waals surface area contributed by atoms with Gasteiger partial charge < -0.3 is 19.3 Å². The van der Waals surface area contributed by atoms with Gasteiger partial charge in [0, 0.05) is 10.8 Å². The highest BCUT2D eigenvalue weighted by Crippen LogP contribution is 2.35. The highest BCUT2D eigenvalue weighted by atomic mass is 32.1. The predicted octanol–water partition coefficient (Wildman–Crippen LogP) is 1.38. The van der Waals surface area contributed by atoms with Gasteiger partial charge in [-0.15, -0.1) is 11.3 Å². The summed E-state index contributed by atoms with van der Waals surface area (Å²) in [6.07, 6.45) is -0.145. The molecule has 0 aliphatic carbocycles. The van der Waals surface area contributed by atoms with Crippen LogP contribution in [0.2, 0.25) is 0 Å². The van der Waals surface area contributed by atoms with Gasteiger partial charge in [-0.3, -0.25) is 4.79 Å². The molecule has 0 fully saturated rings. The normalized spacial score (nSPS) is 18.4. The molecule has 1 N–H and O–H groups in total. The molecule has 1 aromatic heterocycles. The Balaban J connectivity index is 1.71. The number of hydrogen-bond acceptors (Lipinski definition) is 5. The zero-order valence-corrected chi connectivity index (χ0v) is 9.37. The van der Waals surface area contributed by atoms with Crippen molar-refractivity contribution >= 4 is 17.3 Å². The van der Waals surface area contributed by atoms with Gasteiger partial charge in [0.1, 0.15) is 6.61 Å². The van der Waals surface area contributed by atoms with Gasteiger partial charge >= 0.3 is 5.97 Å². The summed E-state index contributed by atoms with van der Waals surface area (Å²) in [6.45, 7) is 0.991. The molecular formula is C10H12O5S. The molecule has 1 atom stereocenters. The van der Waals surface area contributed by atoms with Crippen LogP contribution < -0.4 is 9.47 Å². The lowest BCUT2D eigenvalue weighted by atomic mass is 10.3. The first kappa shape index (κ1) is 11.2. The van der Waals surface area contributed by atoms with Gasteiger partial charge in [0.15, 0.2) is 17.6 Å². The summed E-state index contributed by atoms with van der Waals surface area (Å²) in [5.41, 5.74) is 0. The average Bonchev–Trinajstić information content (AvgIpc) is 2.71. The average molecular weight is 244 g/mol. The fourth-order valence-electron chi connectivity index (χ4n) is 1.32. The van der Waals surface area contributed by atoms with Crippen LogP contribution in [0.3, 0.4) is 0 Å². The number of carboxylic acids is 1. The predicted molar refractivity (Wildman–Crippen MR) is 57.3 cm³/mol. The molecule has 5 nitrogen and oxygen atoms in total. The maximum atomic E-state index is 10.2. The minimum absolute atomic E-state index is 0.0112. The third kappa shape index (κ3) is 2.86. The Morgan fingerprint density at radius 2 is 2.38 bits per heavy atom. The van der Waals surface area contributed by atoms with Crippen LogP contribution in [-0.4, -0.2) is 37.0 Å². The molecule has 1 unspecified atom stereocenters. The second kappa shape index (κ2) is 5.18. The summed E-state index contributed by atoms with van der Waals surface area (Å²) >= 11 is 1.52. The van der Waals surface area contributed by atoms with Gasteiger partial charge in [-0.1, -0.05) is 0 Å². The van der Waals surface area contributed by atoms with Crippen LogP contribution in [0, 0.1) is 0 Å². The Morgan fingerprint density at radius 1 is 1.56 bits per heavy atom. The van der Waals surface area contributed by atoms with E-state index in [4.69, 9.17) is 19.3 Å². The quantitative estimate of drug-likeness (QED) is 0.793. The molecule has 1 aromatic rings. The maximum Gasteiger partial charge on any atom is 0.305 e. The third-order valence-corrected chi connectivity index (χ3v) is 2.78. The second-order valence-corrected chi connectivity index (χ2v) is 4.11. The minimum atomic E-state index is -0.860. The van der Waals surface area contributed by atoms with Crippen LogP contribution in [0.25, 0.3) is 0 Å². The molecular weight excluding hydrogens is 232 g/mol. The summed E-state index contributed by atoms with van der Waals surface area (Å²) in [5, 5.41) is 12.2. The maximum absolute atomic E-state index is 10.2. The van der Waals surface area contributed by atoms with Crippen molar-refractivity contribution in [2.75, 3.05) is 19.8 Å². The highest BCUT2D eigenvalue weighted by Gasteiger charge is 2.21. The Hall–Kier alpha value is -1.27. The highest BCUT2D eigenvalue weighted by molar-refractivity contribution is 7.08. The molecule has 0 bridgehead atoms. The van der Waals surface area contributed by atoms with Crippen LogP contribution in [0.4, 0.5) is 0 Å². The molecule has 0 saturated carbocycles. The van der Waals surface area contributed by atoms with E-state index in [-0.39, 0.29) is 19.1 Å². The zero-order chi connectivity index (χ0) is 11.4. The number of rotatable bonds is 5. The van der Waals surface area contributed by atoms with Gasteiger partial charge in [0.2, 0.25) is 0 Å². The third-order valence-electron chi connectivity index (χ3n) is 2.08. The van der Waals surface area contributed by atoms with E-state index in [1.54, 1.807) is 0 Å². The van der Waals surface area contributed by atoms with E-state index in [1.165, 1.54) is 11.3 Å². The number of aliphatic carboxylic acids is 1. The fourth-order valence-corrected chi connectivity index (χ4v) is 1.99. The van der Waals surface area contributed by atoms with Crippen molar-refractivity contribution < 1.29 is 24.1 Å². The van der Waals surface area contributed by atoms with Gasteiger partial charge in [-0.2, -0.15) is 0 Å². The van der Waals surface area contributed by atoms with Gasteiger partial charge in [-0.05, 0) is 0 Å². The molecule has 2 rings (SSSR count). The lowest BCUT2D eigenvalue weighted by Crippen LogP contribution is -2.33. The summed E-state index contributed by atoms with van der Waals surface area (Å²) in [4.78, 5) is 10.2.